The quantitative estimate of drug-likeness (QED) is 0.768. The third-order valence-electron chi connectivity index (χ3n) is 3.60. The van der Waals surface area contributed by atoms with E-state index in [0.29, 0.717) is 5.75 Å². The van der Waals surface area contributed by atoms with Gasteiger partial charge < -0.3 is 9.67 Å². The zero-order chi connectivity index (χ0) is 15.0. The lowest BCUT2D eigenvalue weighted by molar-refractivity contribution is 0.396. The number of hydrogen-bond acceptors (Lipinski definition) is 2. The Bertz CT molecular complexity index is 764. The number of benzene rings is 2. The molecule has 0 aliphatic rings. The van der Waals surface area contributed by atoms with Gasteiger partial charge in [0.1, 0.15) is 11.6 Å². The molecule has 3 aromatic rings. The van der Waals surface area contributed by atoms with E-state index in [4.69, 9.17) is 4.98 Å². The van der Waals surface area contributed by atoms with Crippen LogP contribution in [0, 0.1) is 0 Å². The first kappa shape index (κ1) is 13.7. The van der Waals surface area contributed by atoms with E-state index in [0.717, 1.165) is 23.3 Å². The molecular weight excluding hydrogens is 260 g/mol. The predicted octanol–water partition coefficient (Wildman–Crippen LogP) is 4.09. The smallest absolute Gasteiger partial charge is 0.115 e. The molecule has 0 bridgehead atoms. The van der Waals surface area contributed by atoms with Crippen LogP contribution < -0.4 is 0 Å². The number of aromatic nitrogens is 2. The van der Waals surface area contributed by atoms with Gasteiger partial charge in [0, 0.05) is 12.0 Å². The average Bonchev–Trinajstić information content (AvgIpc) is 2.79. The maximum Gasteiger partial charge on any atom is 0.115 e. The van der Waals surface area contributed by atoms with Crippen LogP contribution in [0.2, 0.25) is 0 Å². The highest BCUT2D eigenvalue weighted by atomic mass is 16.3. The molecule has 0 aliphatic heterocycles. The van der Waals surface area contributed by atoms with Crippen LogP contribution in [0.25, 0.3) is 11.0 Å². The molecule has 3 rings (SSSR count). The number of aromatic hydroxyl groups is 1. The van der Waals surface area contributed by atoms with Gasteiger partial charge in [-0.15, -0.1) is 0 Å². The minimum absolute atomic E-state index is 0.0254. The van der Waals surface area contributed by atoms with Gasteiger partial charge in [-0.2, -0.15) is 0 Å². The Labute approximate surface area is 124 Å². The highest BCUT2D eigenvalue weighted by Crippen LogP contribution is 2.26. The van der Waals surface area contributed by atoms with Crippen molar-refractivity contribution in [2.24, 2.45) is 0 Å². The SMILES string of the molecule is CC(C)(C)n1c(Cc2ccc(O)cc2)nc2ccccc21. The summed E-state index contributed by atoms with van der Waals surface area (Å²) in [5.74, 6) is 1.34. The molecule has 0 amide bonds. The Hall–Kier alpha value is -2.29. The summed E-state index contributed by atoms with van der Waals surface area (Å²) < 4.78 is 2.30. The van der Waals surface area contributed by atoms with Crippen molar-refractivity contribution in [3.05, 3.63) is 59.9 Å². The van der Waals surface area contributed by atoms with Crippen LogP contribution in [-0.4, -0.2) is 14.7 Å². The number of hydrogen-bond donors (Lipinski definition) is 1. The fourth-order valence-electron chi connectivity index (χ4n) is 2.74. The van der Waals surface area contributed by atoms with Crippen molar-refractivity contribution in [3.8, 4) is 5.75 Å². The number of nitrogens with zero attached hydrogens (tertiary/aromatic N) is 2. The average molecular weight is 280 g/mol. The normalized spacial score (nSPS) is 12.0. The van der Waals surface area contributed by atoms with Crippen LogP contribution in [-0.2, 0) is 12.0 Å². The molecule has 2 aromatic carbocycles. The molecule has 0 aliphatic carbocycles. The van der Waals surface area contributed by atoms with Crippen molar-refractivity contribution in [2.75, 3.05) is 0 Å². The Morgan fingerprint density at radius 2 is 1.67 bits per heavy atom. The van der Waals surface area contributed by atoms with Crippen LogP contribution >= 0.6 is 0 Å². The fraction of sp³-hybridized carbons (Fsp3) is 0.278. The lowest BCUT2D eigenvalue weighted by atomic mass is 10.1. The highest BCUT2D eigenvalue weighted by Gasteiger charge is 2.21. The second kappa shape index (κ2) is 4.92. The van der Waals surface area contributed by atoms with Gasteiger partial charge in [-0.1, -0.05) is 24.3 Å². The fourth-order valence-corrected chi connectivity index (χ4v) is 2.74. The van der Waals surface area contributed by atoms with Gasteiger partial charge in [0.2, 0.25) is 0 Å². The first-order chi connectivity index (χ1) is 9.95. The Morgan fingerprint density at radius 1 is 1.00 bits per heavy atom. The van der Waals surface area contributed by atoms with E-state index in [-0.39, 0.29) is 5.54 Å². The number of para-hydroxylation sites is 2. The Morgan fingerprint density at radius 3 is 2.33 bits per heavy atom. The summed E-state index contributed by atoms with van der Waals surface area (Å²) in [5, 5.41) is 9.40. The first-order valence-electron chi connectivity index (χ1n) is 7.20. The molecule has 0 spiro atoms. The predicted molar refractivity (Wildman–Crippen MR) is 85.6 cm³/mol. The number of rotatable bonds is 2. The van der Waals surface area contributed by atoms with Crippen LogP contribution in [0.15, 0.2) is 48.5 Å². The van der Waals surface area contributed by atoms with E-state index in [1.807, 2.05) is 18.2 Å². The standard InChI is InChI=1S/C18H20N2O/c1-18(2,3)20-16-7-5-4-6-15(16)19-17(20)12-13-8-10-14(21)11-9-13/h4-11,21H,12H2,1-3H3. The number of imidazole rings is 1. The highest BCUT2D eigenvalue weighted by molar-refractivity contribution is 5.76. The summed E-state index contributed by atoms with van der Waals surface area (Å²) in [4.78, 5) is 4.80. The minimum atomic E-state index is -0.0254. The van der Waals surface area contributed by atoms with Crippen LogP contribution in [0.1, 0.15) is 32.2 Å². The number of phenolic OH excluding ortho intramolecular Hbond substituents is 1. The molecule has 1 heterocycles. The Kier molecular flexibility index (Phi) is 3.20. The largest absolute Gasteiger partial charge is 0.508 e. The molecule has 0 radical (unpaired) electrons. The molecule has 0 atom stereocenters. The monoisotopic (exact) mass is 280 g/mol. The van der Waals surface area contributed by atoms with Crippen LogP contribution in [0.4, 0.5) is 0 Å². The van der Waals surface area contributed by atoms with E-state index in [2.05, 4.69) is 43.5 Å². The zero-order valence-electron chi connectivity index (χ0n) is 12.7. The second-order valence-electron chi connectivity index (χ2n) is 6.37. The van der Waals surface area contributed by atoms with Gasteiger partial charge in [0.15, 0.2) is 0 Å². The van der Waals surface area contributed by atoms with Crippen LogP contribution in [0.3, 0.4) is 0 Å². The molecule has 3 nitrogen and oxygen atoms in total. The first-order valence-corrected chi connectivity index (χ1v) is 7.20. The lowest BCUT2D eigenvalue weighted by Crippen LogP contribution is -2.24. The van der Waals surface area contributed by atoms with Crippen LogP contribution in [0.5, 0.6) is 5.75 Å². The van der Waals surface area contributed by atoms with Gasteiger partial charge in [-0.05, 0) is 50.6 Å². The van der Waals surface area contributed by atoms with E-state index < -0.39 is 0 Å². The van der Waals surface area contributed by atoms with Crippen molar-refractivity contribution in [2.45, 2.75) is 32.7 Å². The van der Waals surface area contributed by atoms with E-state index >= 15 is 0 Å². The van der Waals surface area contributed by atoms with E-state index in [9.17, 15) is 5.11 Å². The molecule has 1 aromatic heterocycles. The minimum Gasteiger partial charge on any atom is -0.508 e. The van der Waals surface area contributed by atoms with Crippen molar-refractivity contribution in [1.82, 2.24) is 9.55 Å². The summed E-state index contributed by atoms with van der Waals surface area (Å²) in [6.45, 7) is 6.59. The number of fused-ring (bicyclic) bond motifs is 1. The number of phenols is 1. The van der Waals surface area contributed by atoms with Gasteiger partial charge in [0.05, 0.1) is 11.0 Å². The van der Waals surface area contributed by atoms with Crippen molar-refractivity contribution < 1.29 is 5.11 Å². The van der Waals surface area contributed by atoms with Gasteiger partial charge >= 0.3 is 0 Å². The van der Waals surface area contributed by atoms with Crippen molar-refractivity contribution >= 4 is 11.0 Å². The molecule has 21 heavy (non-hydrogen) atoms. The summed E-state index contributed by atoms with van der Waals surface area (Å²) in [6.07, 6.45) is 0.756. The molecule has 0 saturated carbocycles. The summed E-state index contributed by atoms with van der Waals surface area (Å²) in [6, 6.07) is 15.6. The van der Waals surface area contributed by atoms with Crippen molar-refractivity contribution in [1.29, 1.82) is 0 Å². The summed E-state index contributed by atoms with van der Waals surface area (Å²) >= 11 is 0. The molecule has 3 heteroatoms. The molecule has 0 unspecified atom stereocenters. The maximum absolute atomic E-state index is 9.40. The third kappa shape index (κ3) is 2.64. The lowest BCUT2D eigenvalue weighted by Gasteiger charge is -2.24. The van der Waals surface area contributed by atoms with E-state index in [1.54, 1.807) is 12.1 Å². The van der Waals surface area contributed by atoms with Gasteiger partial charge in [0.25, 0.3) is 0 Å². The maximum atomic E-state index is 9.40. The van der Waals surface area contributed by atoms with Gasteiger partial charge in [-0.25, -0.2) is 4.98 Å². The summed E-state index contributed by atoms with van der Waals surface area (Å²) in [7, 11) is 0. The molecular formula is C18H20N2O. The zero-order valence-corrected chi connectivity index (χ0v) is 12.7. The molecule has 1 N–H and O–H groups in total. The summed E-state index contributed by atoms with van der Waals surface area (Å²) in [5.41, 5.74) is 3.32. The second-order valence-corrected chi connectivity index (χ2v) is 6.37. The molecule has 0 saturated heterocycles. The van der Waals surface area contributed by atoms with Crippen molar-refractivity contribution in [3.63, 3.8) is 0 Å². The third-order valence-corrected chi connectivity index (χ3v) is 3.60. The topological polar surface area (TPSA) is 38.0 Å². The van der Waals surface area contributed by atoms with E-state index in [1.165, 1.54) is 5.52 Å². The Balaban J connectivity index is 2.11. The molecule has 108 valence electrons. The molecule has 0 fully saturated rings. The van der Waals surface area contributed by atoms with Gasteiger partial charge in [-0.3, -0.25) is 0 Å².